The number of halogens is 2. The largest absolute Gasteiger partial charge is 0.418 e. The predicted octanol–water partition coefficient (Wildman–Crippen LogP) is 5.13. The summed E-state index contributed by atoms with van der Waals surface area (Å²) < 4.78 is 34.1. The number of nitrogens with zero attached hydrogens (tertiary/aromatic N) is 7. The van der Waals surface area contributed by atoms with Crippen LogP contribution in [0.15, 0.2) is 47.3 Å². The summed E-state index contributed by atoms with van der Waals surface area (Å²) in [4.78, 5) is 23.8. The third kappa shape index (κ3) is 6.39. The monoisotopic (exact) mass is 550 g/mol. The minimum atomic E-state index is -2.46. The molecule has 0 amide bonds. The number of hydrogen-bond acceptors (Lipinski definition) is 9. The smallest absolute Gasteiger partial charge is 0.284 e. The molecule has 12 heteroatoms. The van der Waals surface area contributed by atoms with Crippen LogP contribution in [0.1, 0.15) is 67.2 Å². The quantitative estimate of drug-likeness (QED) is 0.298. The molecule has 1 atom stereocenters. The van der Waals surface area contributed by atoms with E-state index < -0.39 is 6.43 Å². The number of rotatable bonds is 8. The number of carbonyl (C=O) groups excluding carboxylic acids is 1. The number of alkyl halides is 2. The van der Waals surface area contributed by atoms with Crippen molar-refractivity contribution in [2.45, 2.75) is 57.9 Å². The first-order valence-corrected chi connectivity index (χ1v) is 13.1. The van der Waals surface area contributed by atoms with E-state index >= 15 is 0 Å². The average molecular weight is 551 g/mol. The molecule has 5 rings (SSSR count). The number of fused-ring (bicyclic) bond motifs is 1. The number of ketones is 1. The van der Waals surface area contributed by atoms with E-state index in [0.29, 0.717) is 37.0 Å². The van der Waals surface area contributed by atoms with Crippen LogP contribution >= 0.6 is 0 Å². The molecule has 4 aromatic rings. The summed E-state index contributed by atoms with van der Waals surface area (Å²) in [6.45, 7) is 6.24. The van der Waals surface area contributed by atoms with E-state index in [4.69, 9.17) is 4.42 Å². The number of anilines is 2. The first-order valence-electron chi connectivity index (χ1n) is 13.1. The molecular formula is C28H32F2N8O2. The maximum Gasteiger partial charge on any atom is 0.284 e. The molecule has 0 saturated carbocycles. The third-order valence-corrected chi connectivity index (χ3v) is 6.82. The minimum absolute atomic E-state index is 0.0218. The molecule has 3 aromatic heterocycles. The Bertz CT molecular complexity index is 1490. The highest BCUT2D eigenvalue weighted by Gasteiger charge is 2.29. The first kappa shape index (κ1) is 27.5. The van der Waals surface area contributed by atoms with Crippen LogP contribution < -0.4 is 5.32 Å². The molecular weight excluding hydrogens is 518 g/mol. The van der Waals surface area contributed by atoms with E-state index in [1.165, 1.54) is 0 Å². The Labute approximate surface area is 230 Å². The van der Waals surface area contributed by atoms with Gasteiger partial charge in [0.25, 0.3) is 12.3 Å². The molecule has 40 heavy (non-hydrogen) atoms. The fourth-order valence-corrected chi connectivity index (χ4v) is 4.82. The van der Waals surface area contributed by atoms with E-state index in [-0.39, 0.29) is 36.0 Å². The predicted molar refractivity (Wildman–Crippen MR) is 145 cm³/mol. The third-order valence-electron chi connectivity index (χ3n) is 6.82. The second kappa shape index (κ2) is 11.2. The minimum Gasteiger partial charge on any atom is -0.418 e. The summed E-state index contributed by atoms with van der Waals surface area (Å²) in [5, 5.41) is 15.3. The normalized spacial score (nSPS) is 16.1. The van der Waals surface area contributed by atoms with Crippen molar-refractivity contribution in [3.63, 3.8) is 0 Å². The highest BCUT2D eigenvalue weighted by molar-refractivity contribution is 5.92. The Kier molecular flexibility index (Phi) is 7.70. The lowest BCUT2D eigenvalue weighted by atomic mass is 9.87. The second-order valence-corrected chi connectivity index (χ2v) is 11.1. The van der Waals surface area contributed by atoms with Gasteiger partial charge in [-0.2, -0.15) is 5.10 Å². The van der Waals surface area contributed by atoms with Gasteiger partial charge >= 0.3 is 0 Å². The first-order chi connectivity index (χ1) is 19.0. The van der Waals surface area contributed by atoms with Crippen molar-refractivity contribution in [3.05, 3.63) is 65.8 Å². The van der Waals surface area contributed by atoms with Gasteiger partial charge in [-0.05, 0) is 42.1 Å². The van der Waals surface area contributed by atoms with E-state index in [1.807, 2.05) is 52.2 Å². The van der Waals surface area contributed by atoms with Crippen molar-refractivity contribution in [2.75, 3.05) is 18.4 Å². The highest BCUT2D eigenvalue weighted by atomic mass is 19.3. The van der Waals surface area contributed by atoms with Crippen molar-refractivity contribution in [1.29, 1.82) is 0 Å². The van der Waals surface area contributed by atoms with Crippen LogP contribution in [-0.4, -0.2) is 60.1 Å². The van der Waals surface area contributed by atoms with E-state index in [0.717, 1.165) is 22.4 Å². The Morgan fingerprint density at radius 1 is 1.23 bits per heavy atom. The Balaban J connectivity index is 1.42. The number of aryl methyl sites for hydroxylation is 1. The maximum atomic E-state index is 13.4. The molecule has 0 fully saturated rings. The van der Waals surface area contributed by atoms with Gasteiger partial charge in [0.05, 0.1) is 24.1 Å². The molecule has 0 saturated heterocycles. The molecule has 1 N–H and O–H groups in total. The van der Waals surface area contributed by atoms with Crippen molar-refractivity contribution < 1.29 is 18.0 Å². The van der Waals surface area contributed by atoms with Gasteiger partial charge in [-0.25, -0.2) is 18.7 Å². The van der Waals surface area contributed by atoms with Gasteiger partial charge in [-0.3, -0.25) is 14.4 Å². The topological polar surface area (TPSA) is 115 Å². The fraction of sp³-hybridized carbons (Fsp3) is 0.429. The lowest BCUT2D eigenvalue weighted by molar-refractivity contribution is 0.0834. The summed E-state index contributed by atoms with van der Waals surface area (Å²) in [6, 6.07) is 7.68. The van der Waals surface area contributed by atoms with Gasteiger partial charge in [0, 0.05) is 43.4 Å². The van der Waals surface area contributed by atoms with Crippen LogP contribution in [0.25, 0.3) is 11.3 Å². The molecule has 0 unspecified atom stereocenters. The number of aromatic nitrogens is 6. The fourth-order valence-electron chi connectivity index (χ4n) is 4.82. The molecule has 1 aliphatic rings. The Hall–Kier alpha value is -4.06. The van der Waals surface area contributed by atoms with Crippen molar-refractivity contribution in [3.8, 4) is 11.3 Å². The molecule has 10 nitrogen and oxygen atoms in total. The lowest BCUT2D eigenvalue weighted by Crippen LogP contribution is -2.28. The van der Waals surface area contributed by atoms with Gasteiger partial charge < -0.3 is 9.73 Å². The summed E-state index contributed by atoms with van der Waals surface area (Å²) in [5.41, 5.74) is 3.73. The molecule has 0 spiro atoms. The molecule has 4 heterocycles. The van der Waals surface area contributed by atoms with E-state index in [9.17, 15) is 13.6 Å². The van der Waals surface area contributed by atoms with Crippen LogP contribution in [0.5, 0.6) is 0 Å². The molecule has 1 aliphatic heterocycles. The summed E-state index contributed by atoms with van der Waals surface area (Å²) in [7, 11) is 1.82. The zero-order valence-electron chi connectivity index (χ0n) is 22.9. The van der Waals surface area contributed by atoms with Crippen LogP contribution in [0, 0.1) is 0 Å². The van der Waals surface area contributed by atoms with Crippen molar-refractivity contribution >= 4 is 17.4 Å². The summed E-state index contributed by atoms with van der Waals surface area (Å²) in [6.07, 6.45) is 3.39. The molecule has 0 aliphatic carbocycles. The number of hydrogen-bond donors (Lipinski definition) is 1. The van der Waals surface area contributed by atoms with Crippen molar-refractivity contribution in [2.24, 2.45) is 7.05 Å². The van der Waals surface area contributed by atoms with Gasteiger partial charge in [-0.1, -0.05) is 32.9 Å². The Morgan fingerprint density at radius 3 is 2.75 bits per heavy atom. The number of carbonyl (C=O) groups is 1. The summed E-state index contributed by atoms with van der Waals surface area (Å²) in [5.74, 6) is 0.348. The highest BCUT2D eigenvalue weighted by Crippen LogP contribution is 2.35. The number of benzene rings is 1. The number of nitrogens with one attached hydrogen (secondary N) is 1. The van der Waals surface area contributed by atoms with Crippen molar-refractivity contribution in [1.82, 2.24) is 34.8 Å². The van der Waals surface area contributed by atoms with Crippen LogP contribution in [0.4, 0.5) is 20.4 Å². The molecule has 0 bridgehead atoms. The van der Waals surface area contributed by atoms with Crippen LogP contribution in [0.2, 0.25) is 0 Å². The van der Waals surface area contributed by atoms with Gasteiger partial charge in [0.15, 0.2) is 0 Å². The van der Waals surface area contributed by atoms with Gasteiger partial charge in [-0.15, -0.1) is 10.2 Å². The number of Topliss-reactive ketones (excluding diaryl/α,β-unsaturated/α-hetero) is 1. The molecule has 210 valence electrons. The standard InChI is InChI=1S/C28H32F2N8O2/c1-28(2,3)26-36-35-25(40-26)23(39)12-17-8-10-38(16-24(29)30)14-19-11-18(5-6-21(17)19)22-7-9-31-27(34-22)33-20-13-32-37(4)15-20/h5-7,9,11,13,15,17,24H,8,10,12,14,16H2,1-4H3,(H,31,33,34)/t17-/m0/s1. The van der Waals surface area contributed by atoms with E-state index in [1.54, 1.807) is 28.0 Å². The zero-order valence-corrected chi connectivity index (χ0v) is 22.9. The van der Waals surface area contributed by atoms with Gasteiger partial charge in [0.2, 0.25) is 17.6 Å². The SMILES string of the molecule is Cn1cc(Nc2nccc(-c3ccc4c(c3)CN(CC(F)F)CC[C@H]4CC(=O)c3nnc(C(C)(C)C)o3)n2)cn1. The van der Waals surface area contributed by atoms with Crippen LogP contribution in [-0.2, 0) is 19.0 Å². The second-order valence-electron chi connectivity index (χ2n) is 11.1. The maximum absolute atomic E-state index is 13.4. The summed E-state index contributed by atoms with van der Waals surface area (Å²) >= 11 is 0. The van der Waals surface area contributed by atoms with Gasteiger partial charge in [0.1, 0.15) is 0 Å². The van der Waals surface area contributed by atoms with E-state index in [2.05, 4.69) is 30.6 Å². The van der Waals surface area contributed by atoms with Crippen LogP contribution in [0.3, 0.4) is 0 Å². The molecule has 1 aromatic carbocycles. The zero-order chi connectivity index (χ0) is 28.4. The average Bonchev–Trinajstić information content (AvgIpc) is 3.52. The Morgan fingerprint density at radius 2 is 2.05 bits per heavy atom. The molecule has 0 radical (unpaired) electrons. The lowest BCUT2D eigenvalue weighted by Gasteiger charge is -2.20.